The predicted molar refractivity (Wildman–Crippen MR) is 61.9 cm³/mol. The maximum atomic E-state index is 2.34. The topological polar surface area (TPSA) is 4.44 Å². The molecule has 1 aliphatic rings. The first-order valence-electron chi connectivity index (χ1n) is 5.32. The Morgan fingerprint density at radius 2 is 1.43 bits per heavy atom. The molecule has 0 spiro atoms. The number of quaternary nitrogens is 1. The molecule has 0 aromatic carbocycles. The minimum atomic E-state index is 0.384. The predicted octanol–water partition coefficient (Wildman–Crippen LogP) is 2.06. The molecule has 14 heavy (non-hydrogen) atoms. The maximum absolute atomic E-state index is 2.34. The standard InChI is InChI=1S/C12H19NS/c1-8-10-6-13(12(3,4)5)7-11(10)9(2)14-8/h6-7H2,1-5H3/p+1. The van der Waals surface area contributed by atoms with Crippen LogP contribution < -0.4 is 4.90 Å². The van der Waals surface area contributed by atoms with Crippen LogP contribution in [0.5, 0.6) is 0 Å². The van der Waals surface area contributed by atoms with Crippen LogP contribution in [0.3, 0.4) is 0 Å². The Morgan fingerprint density at radius 1 is 1.00 bits per heavy atom. The summed E-state index contributed by atoms with van der Waals surface area (Å²) in [6, 6.07) is 0. The van der Waals surface area contributed by atoms with Gasteiger partial charge in [-0.05, 0) is 34.6 Å². The lowest BCUT2D eigenvalue weighted by molar-refractivity contribution is -0.966. The molecular formula is C12H20NS+. The van der Waals surface area contributed by atoms with Gasteiger partial charge in [-0.15, -0.1) is 11.3 Å². The van der Waals surface area contributed by atoms with Gasteiger partial charge in [0, 0.05) is 20.9 Å². The molecule has 2 heterocycles. The summed E-state index contributed by atoms with van der Waals surface area (Å²) in [5.41, 5.74) is 3.66. The van der Waals surface area contributed by atoms with E-state index in [1.807, 2.05) is 11.3 Å². The van der Waals surface area contributed by atoms with Crippen molar-refractivity contribution in [3.63, 3.8) is 0 Å². The molecule has 0 aliphatic carbocycles. The van der Waals surface area contributed by atoms with E-state index in [0.29, 0.717) is 5.54 Å². The number of thiophene rings is 1. The molecule has 1 nitrogen and oxygen atoms in total. The monoisotopic (exact) mass is 210 g/mol. The number of nitrogens with one attached hydrogen (secondary N) is 1. The third kappa shape index (κ3) is 1.51. The van der Waals surface area contributed by atoms with Gasteiger partial charge in [-0.1, -0.05) is 0 Å². The summed E-state index contributed by atoms with van der Waals surface area (Å²) in [5.74, 6) is 0. The van der Waals surface area contributed by atoms with Gasteiger partial charge < -0.3 is 4.90 Å². The van der Waals surface area contributed by atoms with Crippen LogP contribution in [0.25, 0.3) is 0 Å². The lowest BCUT2D eigenvalue weighted by Gasteiger charge is -2.28. The highest BCUT2D eigenvalue weighted by Gasteiger charge is 2.34. The van der Waals surface area contributed by atoms with Crippen molar-refractivity contribution in [2.45, 2.75) is 53.2 Å². The SMILES string of the molecule is Cc1sc(C)c2c1C[NH+](C(C)(C)C)C2. The van der Waals surface area contributed by atoms with Crippen LogP contribution in [-0.4, -0.2) is 5.54 Å². The van der Waals surface area contributed by atoms with Crippen LogP contribution >= 0.6 is 11.3 Å². The Morgan fingerprint density at radius 3 is 1.79 bits per heavy atom. The Bertz CT molecular complexity index is 331. The van der Waals surface area contributed by atoms with Crippen molar-refractivity contribution in [3.8, 4) is 0 Å². The first-order chi connectivity index (χ1) is 6.39. The fourth-order valence-electron chi connectivity index (χ4n) is 2.26. The smallest absolute Gasteiger partial charge is 0.105 e. The van der Waals surface area contributed by atoms with E-state index >= 15 is 0 Å². The van der Waals surface area contributed by atoms with Crippen molar-refractivity contribution in [1.29, 1.82) is 0 Å². The van der Waals surface area contributed by atoms with Gasteiger partial charge in [0.05, 0.1) is 5.54 Å². The molecule has 78 valence electrons. The second-order valence-corrected chi connectivity index (χ2v) is 6.81. The van der Waals surface area contributed by atoms with Crippen molar-refractivity contribution in [2.75, 3.05) is 0 Å². The van der Waals surface area contributed by atoms with Crippen molar-refractivity contribution >= 4 is 11.3 Å². The molecule has 0 bridgehead atoms. The molecule has 0 radical (unpaired) electrons. The average Bonchev–Trinajstić information content (AvgIpc) is 2.53. The summed E-state index contributed by atoms with van der Waals surface area (Å²) in [7, 11) is 0. The van der Waals surface area contributed by atoms with Gasteiger partial charge in [-0.25, -0.2) is 0 Å². The summed E-state index contributed by atoms with van der Waals surface area (Å²) in [6.45, 7) is 14.0. The van der Waals surface area contributed by atoms with Crippen molar-refractivity contribution in [3.05, 3.63) is 20.9 Å². The Balaban J connectivity index is 2.31. The van der Waals surface area contributed by atoms with Gasteiger partial charge >= 0.3 is 0 Å². The third-order valence-corrected chi connectivity index (χ3v) is 4.47. The van der Waals surface area contributed by atoms with Gasteiger partial charge in [0.1, 0.15) is 13.1 Å². The molecule has 0 fully saturated rings. The quantitative estimate of drug-likeness (QED) is 0.668. The van der Waals surface area contributed by atoms with E-state index in [4.69, 9.17) is 0 Å². The molecule has 1 aliphatic heterocycles. The molecule has 0 unspecified atom stereocenters. The third-order valence-electron chi connectivity index (χ3n) is 3.36. The Hall–Kier alpha value is -0.340. The van der Waals surface area contributed by atoms with Crippen LogP contribution in [0.2, 0.25) is 0 Å². The molecule has 0 saturated carbocycles. The molecule has 1 N–H and O–H groups in total. The number of hydrogen-bond donors (Lipinski definition) is 1. The summed E-state index contributed by atoms with van der Waals surface area (Å²) in [5, 5.41) is 0. The first-order valence-corrected chi connectivity index (χ1v) is 6.14. The number of rotatable bonds is 0. The second-order valence-electron chi connectivity index (χ2n) is 5.38. The highest BCUT2D eigenvalue weighted by Crippen LogP contribution is 2.29. The van der Waals surface area contributed by atoms with E-state index in [0.717, 1.165) is 0 Å². The van der Waals surface area contributed by atoms with E-state index in [-0.39, 0.29) is 0 Å². The summed E-state index contributed by atoms with van der Waals surface area (Å²) in [4.78, 5) is 4.79. The highest BCUT2D eigenvalue weighted by atomic mass is 32.1. The Labute approximate surface area is 90.7 Å². The van der Waals surface area contributed by atoms with Crippen molar-refractivity contribution < 1.29 is 4.90 Å². The number of aryl methyl sites for hydroxylation is 2. The summed E-state index contributed by atoms with van der Waals surface area (Å²) >= 11 is 1.97. The zero-order chi connectivity index (χ0) is 10.5. The molecule has 2 rings (SSSR count). The van der Waals surface area contributed by atoms with Crippen LogP contribution in [0.4, 0.5) is 0 Å². The highest BCUT2D eigenvalue weighted by molar-refractivity contribution is 7.12. The van der Waals surface area contributed by atoms with E-state index < -0.39 is 0 Å². The van der Waals surface area contributed by atoms with Gasteiger partial charge in [0.2, 0.25) is 0 Å². The average molecular weight is 210 g/mol. The summed E-state index contributed by atoms with van der Waals surface area (Å²) in [6.07, 6.45) is 0. The van der Waals surface area contributed by atoms with Crippen molar-refractivity contribution in [2.24, 2.45) is 0 Å². The Kier molecular flexibility index (Phi) is 2.24. The van der Waals surface area contributed by atoms with Crippen LogP contribution in [0.1, 0.15) is 41.7 Å². The lowest BCUT2D eigenvalue weighted by Crippen LogP contribution is -3.15. The molecule has 0 atom stereocenters. The van der Waals surface area contributed by atoms with Crippen LogP contribution in [0.15, 0.2) is 0 Å². The largest absolute Gasteiger partial charge is 0.323 e. The fourth-order valence-corrected chi connectivity index (χ4v) is 3.36. The zero-order valence-electron chi connectivity index (χ0n) is 9.82. The van der Waals surface area contributed by atoms with E-state index in [1.165, 1.54) is 22.8 Å². The molecule has 0 saturated heterocycles. The van der Waals surface area contributed by atoms with Gasteiger partial charge in [-0.2, -0.15) is 0 Å². The van der Waals surface area contributed by atoms with E-state index in [9.17, 15) is 0 Å². The lowest BCUT2D eigenvalue weighted by atomic mass is 10.1. The fraction of sp³-hybridized carbons (Fsp3) is 0.667. The van der Waals surface area contributed by atoms with E-state index in [2.05, 4.69) is 34.6 Å². The minimum absolute atomic E-state index is 0.384. The van der Waals surface area contributed by atoms with Gasteiger partial charge in [0.15, 0.2) is 0 Å². The number of fused-ring (bicyclic) bond motifs is 1. The first kappa shape index (κ1) is 10.2. The number of hydrogen-bond acceptors (Lipinski definition) is 1. The second kappa shape index (κ2) is 3.07. The molecular weight excluding hydrogens is 190 g/mol. The van der Waals surface area contributed by atoms with Crippen molar-refractivity contribution in [1.82, 2.24) is 0 Å². The molecule has 1 aromatic rings. The van der Waals surface area contributed by atoms with Gasteiger partial charge in [-0.3, -0.25) is 0 Å². The zero-order valence-corrected chi connectivity index (χ0v) is 10.6. The molecule has 1 aromatic heterocycles. The summed E-state index contributed by atoms with van der Waals surface area (Å²) < 4.78 is 0. The normalized spacial score (nSPS) is 17.5. The minimum Gasteiger partial charge on any atom is -0.323 e. The van der Waals surface area contributed by atoms with Gasteiger partial charge in [0.25, 0.3) is 0 Å². The van der Waals surface area contributed by atoms with Crippen LogP contribution in [-0.2, 0) is 13.1 Å². The van der Waals surface area contributed by atoms with E-state index in [1.54, 1.807) is 16.0 Å². The van der Waals surface area contributed by atoms with Crippen LogP contribution in [0, 0.1) is 13.8 Å². The molecule has 0 amide bonds. The molecule has 2 heteroatoms. The maximum Gasteiger partial charge on any atom is 0.105 e.